The molecule has 0 bridgehead atoms. The zero-order valence-electron chi connectivity index (χ0n) is 11.0. The van der Waals surface area contributed by atoms with Crippen LogP contribution in [0.4, 0.5) is 0 Å². The van der Waals surface area contributed by atoms with Gasteiger partial charge in [0.25, 0.3) is 11.1 Å². The van der Waals surface area contributed by atoms with Gasteiger partial charge in [-0.25, -0.2) is 0 Å². The Bertz CT molecular complexity index is 549. The monoisotopic (exact) mass is 276 g/mol. The Morgan fingerprint density at radius 1 is 1.37 bits per heavy atom. The van der Waals surface area contributed by atoms with Crippen LogP contribution < -0.4 is 5.32 Å². The van der Waals surface area contributed by atoms with E-state index in [0.717, 1.165) is 18.1 Å². The van der Waals surface area contributed by atoms with Gasteiger partial charge < -0.3 is 9.73 Å². The zero-order valence-corrected chi connectivity index (χ0v) is 11.8. The summed E-state index contributed by atoms with van der Waals surface area (Å²) in [5.74, 6) is 1.66. The molecule has 1 saturated heterocycles. The van der Waals surface area contributed by atoms with Crippen LogP contribution in [0.1, 0.15) is 35.9 Å². The van der Waals surface area contributed by atoms with Gasteiger partial charge >= 0.3 is 0 Å². The van der Waals surface area contributed by atoms with Gasteiger partial charge in [0.15, 0.2) is 6.04 Å². The first-order valence-corrected chi connectivity index (χ1v) is 7.65. The number of quaternary nitrogens is 1. The van der Waals surface area contributed by atoms with E-state index in [1.165, 1.54) is 24.1 Å². The Morgan fingerprint density at radius 2 is 2.26 bits per heavy atom. The van der Waals surface area contributed by atoms with Crippen molar-refractivity contribution in [2.45, 2.75) is 36.8 Å². The number of hydrogen-bond donors (Lipinski definition) is 1. The molecule has 2 aromatic rings. The van der Waals surface area contributed by atoms with Crippen LogP contribution in [0, 0.1) is 6.92 Å². The molecule has 3 rings (SSSR count). The van der Waals surface area contributed by atoms with Crippen LogP contribution in [0.2, 0.25) is 0 Å². The number of benzene rings is 1. The summed E-state index contributed by atoms with van der Waals surface area (Å²) >= 11 is 1.61. The fourth-order valence-corrected chi connectivity index (χ4v) is 3.18. The molecule has 1 aliphatic heterocycles. The lowest BCUT2D eigenvalue weighted by Gasteiger charge is -2.02. The number of aryl methyl sites for hydroxylation is 1. The fraction of sp³-hybridized carbons (Fsp3) is 0.429. The van der Waals surface area contributed by atoms with E-state index in [-0.39, 0.29) is 0 Å². The maximum absolute atomic E-state index is 5.74. The summed E-state index contributed by atoms with van der Waals surface area (Å²) in [6, 6.07) is 8.77. The van der Waals surface area contributed by atoms with Crippen molar-refractivity contribution in [1.29, 1.82) is 0 Å². The first kappa shape index (κ1) is 12.7. The third-order valence-electron chi connectivity index (χ3n) is 3.52. The number of nitrogens with zero attached hydrogens (tertiary/aromatic N) is 2. The van der Waals surface area contributed by atoms with E-state index < -0.39 is 0 Å². The highest BCUT2D eigenvalue weighted by molar-refractivity contribution is 7.98. The van der Waals surface area contributed by atoms with Gasteiger partial charge in [0.2, 0.25) is 0 Å². The molecule has 1 atom stereocenters. The molecule has 0 radical (unpaired) electrons. The molecule has 1 aromatic carbocycles. The van der Waals surface area contributed by atoms with E-state index in [1.54, 1.807) is 11.8 Å². The van der Waals surface area contributed by atoms with Crippen molar-refractivity contribution < 1.29 is 9.73 Å². The number of rotatable bonds is 4. The quantitative estimate of drug-likeness (QED) is 0.869. The Morgan fingerprint density at radius 3 is 3.05 bits per heavy atom. The number of aromatic nitrogens is 2. The number of thioether (sulfide) groups is 1. The molecule has 0 spiro atoms. The molecular formula is C14H18N3OS+. The molecule has 2 N–H and O–H groups in total. The van der Waals surface area contributed by atoms with Crippen molar-refractivity contribution in [3.63, 3.8) is 0 Å². The summed E-state index contributed by atoms with van der Waals surface area (Å²) in [6.45, 7) is 3.29. The second-order valence-corrected chi connectivity index (χ2v) is 5.82. The highest BCUT2D eigenvalue weighted by Gasteiger charge is 2.26. The lowest BCUT2D eigenvalue weighted by molar-refractivity contribution is -0.678. The van der Waals surface area contributed by atoms with Gasteiger partial charge in [0, 0.05) is 18.6 Å². The van der Waals surface area contributed by atoms with E-state index in [0.29, 0.717) is 11.3 Å². The van der Waals surface area contributed by atoms with Gasteiger partial charge in [0.05, 0.1) is 6.54 Å². The molecule has 0 aliphatic carbocycles. The molecule has 100 valence electrons. The number of hydrogen-bond acceptors (Lipinski definition) is 4. The topological polar surface area (TPSA) is 55.5 Å². The molecule has 0 saturated carbocycles. The molecule has 5 heteroatoms. The second-order valence-electron chi connectivity index (χ2n) is 4.89. The lowest BCUT2D eigenvalue weighted by atomic mass is 10.1. The molecule has 0 unspecified atom stereocenters. The molecule has 1 fully saturated rings. The smallest absolute Gasteiger partial charge is 0.277 e. The van der Waals surface area contributed by atoms with Crippen LogP contribution in [0.15, 0.2) is 33.9 Å². The Kier molecular flexibility index (Phi) is 3.84. The van der Waals surface area contributed by atoms with Gasteiger partial charge in [-0.15, -0.1) is 10.2 Å². The summed E-state index contributed by atoms with van der Waals surface area (Å²) in [7, 11) is 0. The summed E-state index contributed by atoms with van der Waals surface area (Å²) in [4.78, 5) is 0. The Labute approximate surface area is 117 Å². The minimum atomic E-state index is 0.375. The Balaban J connectivity index is 1.63. The van der Waals surface area contributed by atoms with Crippen LogP contribution in [-0.2, 0) is 5.75 Å². The summed E-state index contributed by atoms with van der Waals surface area (Å²) in [5, 5.41) is 11.3. The van der Waals surface area contributed by atoms with Crippen molar-refractivity contribution in [3.05, 3.63) is 41.3 Å². The summed E-state index contributed by atoms with van der Waals surface area (Å²) < 4.78 is 5.74. The average molecular weight is 276 g/mol. The van der Waals surface area contributed by atoms with E-state index >= 15 is 0 Å². The van der Waals surface area contributed by atoms with Crippen LogP contribution in [0.25, 0.3) is 0 Å². The van der Waals surface area contributed by atoms with Crippen molar-refractivity contribution in [2.75, 3.05) is 6.54 Å². The molecule has 2 heterocycles. The van der Waals surface area contributed by atoms with Crippen LogP contribution >= 0.6 is 11.8 Å². The molecular weight excluding hydrogens is 258 g/mol. The SMILES string of the molecule is Cc1ccccc1CSc1nnc([C@H]2CCC[NH2+]2)o1. The first-order valence-electron chi connectivity index (χ1n) is 6.67. The summed E-state index contributed by atoms with van der Waals surface area (Å²) in [5.41, 5.74) is 2.62. The highest BCUT2D eigenvalue weighted by atomic mass is 32.2. The predicted octanol–water partition coefficient (Wildman–Crippen LogP) is 2.07. The average Bonchev–Trinajstić information content (AvgIpc) is 3.09. The minimum Gasteiger partial charge on any atom is -0.410 e. The maximum Gasteiger partial charge on any atom is 0.277 e. The predicted molar refractivity (Wildman–Crippen MR) is 73.8 cm³/mol. The van der Waals surface area contributed by atoms with Crippen molar-refractivity contribution in [1.82, 2.24) is 10.2 Å². The van der Waals surface area contributed by atoms with Crippen LogP contribution in [0.5, 0.6) is 0 Å². The molecule has 0 amide bonds. The van der Waals surface area contributed by atoms with Crippen LogP contribution in [-0.4, -0.2) is 16.7 Å². The first-order chi connectivity index (χ1) is 9.33. The Hall–Kier alpha value is -1.33. The molecule has 1 aliphatic rings. The van der Waals surface area contributed by atoms with E-state index in [1.807, 2.05) is 0 Å². The number of nitrogens with two attached hydrogens (primary N) is 1. The van der Waals surface area contributed by atoms with Crippen LogP contribution in [0.3, 0.4) is 0 Å². The van der Waals surface area contributed by atoms with Gasteiger partial charge in [-0.2, -0.15) is 0 Å². The van der Waals surface area contributed by atoms with Gasteiger partial charge in [-0.3, -0.25) is 0 Å². The maximum atomic E-state index is 5.74. The molecule has 1 aromatic heterocycles. The van der Waals surface area contributed by atoms with Crippen molar-refractivity contribution in [3.8, 4) is 0 Å². The molecule has 4 nitrogen and oxygen atoms in total. The minimum absolute atomic E-state index is 0.375. The largest absolute Gasteiger partial charge is 0.410 e. The van der Waals surface area contributed by atoms with Gasteiger partial charge in [-0.05, 0) is 18.1 Å². The van der Waals surface area contributed by atoms with Crippen molar-refractivity contribution in [2.24, 2.45) is 0 Å². The highest BCUT2D eigenvalue weighted by Crippen LogP contribution is 2.25. The normalized spacial score (nSPS) is 18.9. The molecule has 19 heavy (non-hydrogen) atoms. The summed E-state index contributed by atoms with van der Waals surface area (Å²) in [6.07, 6.45) is 2.38. The lowest BCUT2D eigenvalue weighted by Crippen LogP contribution is -2.81. The van der Waals surface area contributed by atoms with Gasteiger partial charge in [0.1, 0.15) is 0 Å². The zero-order chi connectivity index (χ0) is 13.1. The van der Waals surface area contributed by atoms with Crippen molar-refractivity contribution >= 4 is 11.8 Å². The van der Waals surface area contributed by atoms with E-state index in [4.69, 9.17) is 4.42 Å². The second kappa shape index (κ2) is 5.75. The third kappa shape index (κ3) is 2.98. The van der Waals surface area contributed by atoms with E-state index in [9.17, 15) is 0 Å². The van der Waals surface area contributed by atoms with Gasteiger partial charge in [-0.1, -0.05) is 36.0 Å². The fourth-order valence-electron chi connectivity index (χ4n) is 2.34. The standard InChI is InChI=1S/C14H17N3OS/c1-10-5-2-3-6-11(10)9-19-14-17-16-13(18-14)12-7-4-8-15-12/h2-3,5-6,12,15H,4,7-9H2,1H3/p+1/t12-/m1/s1. The third-order valence-corrected chi connectivity index (χ3v) is 4.39. The van der Waals surface area contributed by atoms with E-state index in [2.05, 4.69) is 46.7 Å².